The Morgan fingerprint density at radius 3 is 1.71 bits per heavy atom. The third-order valence-electron chi connectivity index (χ3n) is 3.16. The van der Waals surface area contributed by atoms with Gasteiger partial charge in [-0.05, 0) is 13.8 Å². The van der Waals surface area contributed by atoms with E-state index in [1.54, 1.807) is 0 Å². The van der Waals surface area contributed by atoms with Crippen molar-refractivity contribution in [3.8, 4) is 0 Å². The van der Waals surface area contributed by atoms with Crippen LogP contribution in [0.4, 0.5) is 0 Å². The predicted octanol–water partition coefficient (Wildman–Crippen LogP) is -0.368. The molecule has 0 saturated carbocycles. The lowest BCUT2D eigenvalue weighted by Gasteiger charge is -2.41. The molecular formula is C12H20IN. The topological polar surface area (TPSA) is 0 Å². The van der Waals surface area contributed by atoms with Crippen LogP contribution < -0.4 is 24.0 Å². The second-order valence-corrected chi connectivity index (χ2v) is 4.94. The van der Waals surface area contributed by atoms with Gasteiger partial charge in [-0.3, -0.25) is 0 Å². The number of rotatable bonds is 2. The lowest BCUT2D eigenvalue weighted by Crippen LogP contribution is -3.00. The monoisotopic (exact) mass is 305 g/mol. The molecule has 0 aromatic heterocycles. The molecule has 0 bridgehead atoms. The average Bonchev–Trinajstić information content (AvgIpc) is 2.04. The van der Waals surface area contributed by atoms with Crippen LogP contribution in [0.15, 0.2) is 30.3 Å². The summed E-state index contributed by atoms with van der Waals surface area (Å²) in [7, 11) is 6.69. The van der Waals surface area contributed by atoms with E-state index in [0.29, 0.717) is 0 Å². The Kier molecular flexibility index (Phi) is 4.59. The zero-order chi connectivity index (χ0) is 10.1. The first kappa shape index (κ1) is 13.9. The average molecular weight is 305 g/mol. The summed E-state index contributed by atoms with van der Waals surface area (Å²) >= 11 is 0. The van der Waals surface area contributed by atoms with Crippen molar-refractivity contribution >= 4 is 0 Å². The molecule has 0 fully saturated rings. The van der Waals surface area contributed by atoms with Gasteiger partial charge in [0, 0.05) is 5.56 Å². The molecule has 0 aliphatic carbocycles. The smallest absolute Gasteiger partial charge is 0.118 e. The van der Waals surface area contributed by atoms with Gasteiger partial charge >= 0.3 is 0 Å². The number of hydrogen-bond donors (Lipinski definition) is 0. The highest BCUT2D eigenvalue weighted by atomic mass is 127. The highest BCUT2D eigenvalue weighted by molar-refractivity contribution is 5.20. The van der Waals surface area contributed by atoms with Gasteiger partial charge in [-0.25, -0.2) is 0 Å². The van der Waals surface area contributed by atoms with Crippen LogP contribution in [-0.2, 0) is 5.54 Å². The molecule has 0 amide bonds. The van der Waals surface area contributed by atoms with E-state index in [-0.39, 0.29) is 29.5 Å². The van der Waals surface area contributed by atoms with Crippen molar-refractivity contribution in [2.75, 3.05) is 21.1 Å². The van der Waals surface area contributed by atoms with Gasteiger partial charge in [0.25, 0.3) is 0 Å². The minimum Gasteiger partial charge on any atom is -1.00 e. The summed E-state index contributed by atoms with van der Waals surface area (Å²) in [5.41, 5.74) is 1.56. The van der Waals surface area contributed by atoms with Crippen molar-refractivity contribution in [1.29, 1.82) is 0 Å². The third-order valence-corrected chi connectivity index (χ3v) is 3.16. The largest absolute Gasteiger partial charge is 1.00 e. The fraction of sp³-hybridized carbons (Fsp3) is 0.500. The fourth-order valence-electron chi connectivity index (χ4n) is 1.23. The van der Waals surface area contributed by atoms with Gasteiger partial charge in [-0.2, -0.15) is 0 Å². The SMILES string of the molecule is CC(C)(c1ccccc1)[N+](C)(C)C.[I-]. The Morgan fingerprint density at radius 1 is 0.929 bits per heavy atom. The predicted molar refractivity (Wildman–Crippen MR) is 57.5 cm³/mol. The van der Waals surface area contributed by atoms with Crippen molar-refractivity contribution in [1.82, 2.24) is 0 Å². The van der Waals surface area contributed by atoms with Crippen LogP contribution in [-0.4, -0.2) is 25.6 Å². The Morgan fingerprint density at radius 2 is 1.36 bits per heavy atom. The number of nitrogens with zero attached hydrogens (tertiary/aromatic N) is 1. The van der Waals surface area contributed by atoms with Crippen LogP contribution in [0.2, 0.25) is 0 Å². The highest BCUT2D eigenvalue weighted by Gasteiger charge is 2.34. The Bertz CT molecular complexity index is 272. The van der Waals surface area contributed by atoms with E-state index in [0.717, 1.165) is 4.48 Å². The molecule has 0 unspecified atom stereocenters. The quantitative estimate of drug-likeness (QED) is 0.517. The van der Waals surface area contributed by atoms with Gasteiger partial charge in [-0.15, -0.1) is 0 Å². The lowest BCUT2D eigenvalue weighted by molar-refractivity contribution is -0.927. The number of hydrogen-bond acceptors (Lipinski definition) is 0. The van der Waals surface area contributed by atoms with E-state index in [2.05, 4.69) is 65.3 Å². The lowest BCUT2D eigenvalue weighted by atomic mass is 9.91. The zero-order valence-corrected chi connectivity index (χ0v) is 11.9. The molecule has 1 aromatic carbocycles. The normalized spacial score (nSPS) is 12.1. The van der Waals surface area contributed by atoms with Crippen LogP contribution in [0.25, 0.3) is 0 Å². The first-order valence-electron chi connectivity index (χ1n) is 4.73. The molecule has 0 N–H and O–H groups in total. The van der Waals surface area contributed by atoms with Crippen molar-refractivity contribution < 1.29 is 28.5 Å². The van der Waals surface area contributed by atoms with Gasteiger partial charge in [-0.1, -0.05) is 30.3 Å². The summed E-state index contributed by atoms with van der Waals surface area (Å²) in [5.74, 6) is 0. The van der Waals surface area contributed by atoms with Crippen LogP contribution in [0.1, 0.15) is 19.4 Å². The summed E-state index contributed by atoms with van der Waals surface area (Å²) in [5, 5.41) is 0. The highest BCUT2D eigenvalue weighted by Crippen LogP contribution is 2.29. The van der Waals surface area contributed by atoms with Crippen molar-refractivity contribution in [2.45, 2.75) is 19.4 Å². The van der Waals surface area contributed by atoms with E-state index >= 15 is 0 Å². The minimum atomic E-state index is 0. The van der Waals surface area contributed by atoms with E-state index in [1.165, 1.54) is 5.56 Å². The molecule has 0 spiro atoms. The summed E-state index contributed by atoms with van der Waals surface area (Å²) in [6.07, 6.45) is 0. The van der Waals surface area contributed by atoms with E-state index < -0.39 is 0 Å². The Balaban J connectivity index is 0.00000169. The maximum Gasteiger partial charge on any atom is 0.118 e. The molecule has 80 valence electrons. The van der Waals surface area contributed by atoms with Crippen LogP contribution in [0, 0.1) is 0 Å². The third kappa shape index (κ3) is 2.70. The van der Waals surface area contributed by atoms with Gasteiger partial charge in [0.15, 0.2) is 0 Å². The van der Waals surface area contributed by atoms with E-state index in [1.807, 2.05) is 0 Å². The van der Waals surface area contributed by atoms with E-state index in [4.69, 9.17) is 0 Å². The zero-order valence-electron chi connectivity index (χ0n) is 9.71. The van der Waals surface area contributed by atoms with Crippen LogP contribution in [0.3, 0.4) is 0 Å². The van der Waals surface area contributed by atoms with Gasteiger partial charge in [0.2, 0.25) is 0 Å². The fourth-order valence-corrected chi connectivity index (χ4v) is 1.23. The minimum absolute atomic E-state index is 0. The van der Waals surface area contributed by atoms with Gasteiger partial charge in [0.1, 0.15) is 5.54 Å². The van der Waals surface area contributed by atoms with Gasteiger partial charge in [0.05, 0.1) is 21.1 Å². The van der Waals surface area contributed by atoms with Crippen molar-refractivity contribution in [3.05, 3.63) is 35.9 Å². The van der Waals surface area contributed by atoms with Gasteiger partial charge < -0.3 is 28.5 Å². The molecule has 0 radical (unpaired) electrons. The number of quaternary nitrogens is 1. The van der Waals surface area contributed by atoms with E-state index in [9.17, 15) is 0 Å². The molecule has 1 nitrogen and oxygen atoms in total. The first-order valence-corrected chi connectivity index (χ1v) is 4.73. The van der Waals surface area contributed by atoms with Crippen LogP contribution in [0.5, 0.6) is 0 Å². The molecule has 0 aliphatic heterocycles. The second-order valence-electron chi connectivity index (χ2n) is 4.94. The maximum atomic E-state index is 2.28. The molecule has 2 heteroatoms. The molecule has 1 rings (SSSR count). The molecule has 14 heavy (non-hydrogen) atoms. The number of halogens is 1. The Hall–Kier alpha value is -0.0900. The molecule has 0 heterocycles. The summed E-state index contributed by atoms with van der Waals surface area (Å²) in [4.78, 5) is 0. The number of benzene rings is 1. The summed E-state index contributed by atoms with van der Waals surface area (Å²) in [6, 6.07) is 10.7. The molecular weight excluding hydrogens is 285 g/mol. The molecule has 1 aromatic rings. The first-order chi connectivity index (χ1) is 5.86. The molecule has 0 aliphatic rings. The van der Waals surface area contributed by atoms with Crippen molar-refractivity contribution in [3.63, 3.8) is 0 Å². The molecule has 0 atom stereocenters. The van der Waals surface area contributed by atoms with Crippen LogP contribution >= 0.6 is 0 Å². The summed E-state index contributed by atoms with van der Waals surface area (Å²) in [6.45, 7) is 4.56. The summed E-state index contributed by atoms with van der Waals surface area (Å²) < 4.78 is 0.941. The Labute approximate surface area is 105 Å². The van der Waals surface area contributed by atoms with Crippen molar-refractivity contribution in [2.24, 2.45) is 0 Å². The maximum absolute atomic E-state index is 2.28. The second kappa shape index (κ2) is 4.62. The standard InChI is InChI=1S/C12H20N.HI/c1-12(2,13(3,4)5)11-9-7-6-8-10-11;/h6-10H,1-5H3;1H/q+1;/p-1. The molecule has 0 saturated heterocycles.